The zero-order chi connectivity index (χ0) is 11.8. The fourth-order valence-electron chi connectivity index (χ4n) is 2.02. The Morgan fingerprint density at radius 3 is 2.59 bits per heavy atom. The number of hydrogen-bond acceptors (Lipinski definition) is 1. The summed E-state index contributed by atoms with van der Waals surface area (Å²) in [5, 5.41) is 4.63. The number of halogens is 1. The van der Waals surface area contributed by atoms with Crippen LogP contribution in [0.3, 0.4) is 0 Å². The summed E-state index contributed by atoms with van der Waals surface area (Å²) in [6.07, 6.45) is 1.98. The molecule has 0 radical (unpaired) electrons. The highest BCUT2D eigenvalue weighted by Gasteiger charge is 2.09. The summed E-state index contributed by atoms with van der Waals surface area (Å²) in [7, 11) is 0. The van der Waals surface area contributed by atoms with Gasteiger partial charge in [0, 0.05) is 21.8 Å². The van der Waals surface area contributed by atoms with Gasteiger partial charge in [0.25, 0.3) is 0 Å². The summed E-state index contributed by atoms with van der Waals surface area (Å²) in [6.45, 7) is 2.11. The van der Waals surface area contributed by atoms with Crippen LogP contribution in [-0.2, 0) is 0 Å². The van der Waals surface area contributed by atoms with E-state index in [1.165, 1.54) is 5.56 Å². The molecule has 0 unspecified atom stereocenters. The highest BCUT2D eigenvalue weighted by Crippen LogP contribution is 2.26. The van der Waals surface area contributed by atoms with Crippen molar-refractivity contribution in [2.75, 3.05) is 0 Å². The van der Waals surface area contributed by atoms with Gasteiger partial charge in [-0.3, -0.25) is 0 Å². The van der Waals surface area contributed by atoms with Gasteiger partial charge in [0.05, 0.1) is 11.2 Å². The molecule has 2 heterocycles. The van der Waals surface area contributed by atoms with Crippen molar-refractivity contribution in [1.82, 2.24) is 9.61 Å². The minimum atomic E-state index is 1.03. The fraction of sp³-hybridized carbons (Fsp3) is 0.0714. The molecule has 0 fully saturated rings. The topological polar surface area (TPSA) is 17.3 Å². The molecule has 17 heavy (non-hydrogen) atoms. The molecule has 2 aromatic heterocycles. The van der Waals surface area contributed by atoms with Gasteiger partial charge < -0.3 is 0 Å². The average molecular weight is 287 g/mol. The van der Waals surface area contributed by atoms with E-state index in [-0.39, 0.29) is 0 Å². The van der Waals surface area contributed by atoms with Crippen LogP contribution in [0.5, 0.6) is 0 Å². The minimum Gasteiger partial charge on any atom is -0.239 e. The van der Waals surface area contributed by atoms with Crippen LogP contribution in [-0.4, -0.2) is 9.61 Å². The highest BCUT2D eigenvalue weighted by molar-refractivity contribution is 9.10. The fourth-order valence-corrected chi connectivity index (χ4v) is 2.34. The van der Waals surface area contributed by atoms with Crippen molar-refractivity contribution >= 4 is 21.4 Å². The Morgan fingerprint density at radius 1 is 1.06 bits per heavy atom. The third kappa shape index (κ3) is 1.76. The lowest BCUT2D eigenvalue weighted by molar-refractivity contribution is 0.961. The number of benzene rings is 1. The number of aryl methyl sites for hydroxylation is 1. The number of pyridine rings is 1. The maximum absolute atomic E-state index is 4.63. The van der Waals surface area contributed by atoms with E-state index in [0.717, 1.165) is 21.2 Å². The summed E-state index contributed by atoms with van der Waals surface area (Å²) in [5.41, 5.74) is 4.56. The Labute approximate surface area is 108 Å². The van der Waals surface area contributed by atoms with E-state index in [1.807, 2.05) is 35.0 Å². The maximum atomic E-state index is 4.63. The highest BCUT2D eigenvalue weighted by atomic mass is 79.9. The predicted molar refractivity (Wildman–Crippen MR) is 73.1 cm³/mol. The smallest absolute Gasteiger partial charge is 0.0962 e. The zero-order valence-electron chi connectivity index (χ0n) is 9.39. The standard InChI is InChI=1S/C14H11BrN2/c1-10-13-8-7-12(15)9-17(13)16-14(10)11-5-3-2-4-6-11/h2-9H,1H3. The molecule has 0 bridgehead atoms. The summed E-state index contributed by atoms with van der Waals surface area (Å²) >= 11 is 3.46. The van der Waals surface area contributed by atoms with E-state index in [1.54, 1.807) is 0 Å². The van der Waals surface area contributed by atoms with E-state index in [0.29, 0.717) is 0 Å². The molecule has 0 aliphatic heterocycles. The molecule has 0 aliphatic rings. The van der Waals surface area contributed by atoms with Gasteiger partial charge in [0.15, 0.2) is 0 Å². The third-order valence-electron chi connectivity index (χ3n) is 2.89. The first-order valence-corrected chi connectivity index (χ1v) is 6.25. The van der Waals surface area contributed by atoms with Crippen molar-refractivity contribution in [3.63, 3.8) is 0 Å². The molecular formula is C14H11BrN2. The summed E-state index contributed by atoms with van der Waals surface area (Å²) in [4.78, 5) is 0. The first-order valence-electron chi connectivity index (χ1n) is 5.45. The van der Waals surface area contributed by atoms with Crippen molar-refractivity contribution in [3.05, 3.63) is 58.7 Å². The Balaban J connectivity index is 2.28. The molecule has 3 rings (SSSR count). The van der Waals surface area contributed by atoms with Gasteiger partial charge in [0.2, 0.25) is 0 Å². The third-order valence-corrected chi connectivity index (χ3v) is 3.36. The zero-order valence-corrected chi connectivity index (χ0v) is 11.0. The molecule has 3 heteroatoms. The first kappa shape index (κ1) is 10.5. The van der Waals surface area contributed by atoms with Gasteiger partial charge in [-0.2, -0.15) is 5.10 Å². The van der Waals surface area contributed by atoms with Gasteiger partial charge in [-0.15, -0.1) is 0 Å². The normalized spacial score (nSPS) is 10.9. The van der Waals surface area contributed by atoms with E-state index in [9.17, 15) is 0 Å². The SMILES string of the molecule is Cc1c(-c2ccccc2)nn2cc(Br)ccc12. The van der Waals surface area contributed by atoms with E-state index < -0.39 is 0 Å². The number of hydrogen-bond donors (Lipinski definition) is 0. The lowest BCUT2D eigenvalue weighted by Crippen LogP contribution is -1.86. The second-order valence-electron chi connectivity index (χ2n) is 4.02. The lowest BCUT2D eigenvalue weighted by atomic mass is 10.1. The van der Waals surface area contributed by atoms with Crippen LogP contribution < -0.4 is 0 Å². The molecular weight excluding hydrogens is 276 g/mol. The van der Waals surface area contributed by atoms with Crippen molar-refractivity contribution < 1.29 is 0 Å². The molecule has 0 spiro atoms. The Bertz CT molecular complexity index is 671. The first-order chi connectivity index (χ1) is 8.25. The van der Waals surface area contributed by atoms with Gasteiger partial charge in [0.1, 0.15) is 0 Å². The monoisotopic (exact) mass is 286 g/mol. The van der Waals surface area contributed by atoms with Gasteiger partial charge in [-0.25, -0.2) is 4.52 Å². The summed E-state index contributed by atoms with van der Waals surface area (Å²) < 4.78 is 2.95. The molecule has 0 aliphatic carbocycles. The molecule has 84 valence electrons. The van der Waals surface area contributed by atoms with Crippen LogP contribution in [0, 0.1) is 6.92 Å². The quantitative estimate of drug-likeness (QED) is 0.659. The Morgan fingerprint density at radius 2 is 1.82 bits per heavy atom. The molecule has 3 aromatic rings. The molecule has 0 atom stereocenters. The van der Waals surface area contributed by atoms with Crippen LogP contribution >= 0.6 is 15.9 Å². The average Bonchev–Trinajstić information content (AvgIpc) is 2.67. The summed E-state index contributed by atoms with van der Waals surface area (Å²) in [5.74, 6) is 0. The van der Waals surface area contributed by atoms with Crippen LogP contribution in [0.2, 0.25) is 0 Å². The summed E-state index contributed by atoms with van der Waals surface area (Å²) in [6, 6.07) is 14.4. The largest absolute Gasteiger partial charge is 0.239 e. The molecule has 0 N–H and O–H groups in total. The van der Waals surface area contributed by atoms with Crippen LogP contribution in [0.4, 0.5) is 0 Å². The minimum absolute atomic E-state index is 1.03. The second-order valence-corrected chi connectivity index (χ2v) is 4.93. The van der Waals surface area contributed by atoms with Crippen molar-refractivity contribution in [3.8, 4) is 11.3 Å². The van der Waals surface area contributed by atoms with Crippen molar-refractivity contribution in [2.45, 2.75) is 6.92 Å². The van der Waals surface area contributed by atoms with E-state index in [2.05, 4.69) is 46.2 Å². The molecule has 2 nitrogen and oxygen atoms in total. The van der Waals surface area contributed by atoms with Crippen LogP contribution in [0.1, 0.15) is 5.56 Å². The maximum Gasteiger partial charge on any atom is 0.0962 e. The second kappa shape index (κ2) is 4.00. The molecule has 0 saturated carbocycles. The molecule has 0 amide bonds. The van der Waals surface area contributed by atoms with Crippen molar-refractivity contribution in [2.24, 2.45) is 0 Å². The van der Waals surface area contributed by atoms with Gasteiger partial charge in [-0.1, -0.05) is 30.3 Å². The number of nitrogens with zero attached hydrogens (tertiary/aromatic N) is 2. The van der Waals surface area contributed by atoms with Crippen molar-refractivity contribution in [1.29, 1.82) is 0 Å². The Kier molecular flexibility index (Phi) is 2.48. The molecule has 1 aromatic carbocycles. The predicted octanol–water partition coefficient (Wildman–Crippen LogP) is 4.07. The van der Waals surface area contributed by atoms with Crippen LogP contribution in [0.25, 0.3) is 16.8 Å². The number of aromatic nitrogens is 2. The lowest BCUT2D eigenvalue weighted by Gasteiger charge is -1.96. The van der Waals surface area contributed by atoms with Gasteiger partial charge in [-0.05, 0) is 35.0 Å². The number of rotatable bonds is 1. The van der Waals surface area contributed by atoms with Crippen LogP contribution in [0.15, 0.2) is 53.1 Å². The Hall–Kier alpha value is -1.61. The van der Waals surface area contributed by atoms with E-state index >= 15 is 0 Å². The molecule has 0 saturated heterocycles. The number of fused-ring (bicyclic) bond motifs is 1. The van der Waals surface area contributed by atoms with E-state index in [4.69, 9.17) is 0 Å². The van der Waals surface area contributed by atoms with Gasteiger partial charge >= 0.3 is 0 Å².